The molecule has 0 radical (unpaired) electrons. The summed E-state index contributed by atoms with van der Waals surface area (Å²) in [6, 6.07) is 0. The molecular formula is C11H13N5O3. The molecular weight excluding hydrogens is 250 g/mol. The van der Waals surface area contributed by atoms with E-state index in [9.17, 15) is 9.59 Å². The van der Waals surface area contributed by atoms with Crippen LogP contribution in [-0.2, 0) is 16.1 Å². The van der Waals surface area contributed by atoms with Crippen molar-refractivity contribution in [3.8, 4) is 0 Å². The number of imidazole rings is 1. The van der Waals surface area contributed by atoms with E-state index in [1.165, 1.54) is 17.1 Å². The molecule has 0 fully saturated rings. The highest BCUT2D eigenvalue weighted by Crippen LogP contribution is 2.11. The molecule has 0 atom stereocenters. The fourth-order valence-corrected chi connectivity index (χ4v) is 1.43. The fraction of sp³-hybridized carbons (Fsp3) is 0.364. The second-order valence-electron chi connectivity index (χ2n) is 4.31. The third-order valence-corrected chi connectivity index (χ3v) is 2.42. The first-order valence-electron chi connectivity index (χ1n) is 5.68. The highest BCUT2D eigenvalue weighted by atomic mass is 16.4. The average molecular weight is 263 g/mol. The Kier molecular flexibility index (Phi) is 3.41. The lowest BCUT2D eigenvalue weighted by molar-refractivity contribution is -0.137. The Balaban J connectivity index is 2.32. The Bertz CT molecular complexity index is 634. The smallest absolute Gasteiger partial charge is 0.323 e. The van der Waals surface area contributed by atoms with Gasteiger partial charge in [-0.15, -0.1) is 0 Å². The van der Waals surface area contributed by atoms with Gasteiger partial charge in [0.05, 0.1) is 12.5 Å². The third-order valence-electron chi connectivity index (χ3n) is 2.42. The minimum absolute atomic E-state index is 0.137. The average Bonchev–Trinajstić information content (AvgIpc) is 2.71. The van der Waals surface area contributed by atoms with E-state index < -0.39 is 5.97 Å². The largest absolute Gasteiger partial charge is 0.480 e. The Morgan fingerprint density at radius 3 is 2.79 bits per heavy atom. The van der Waals surface area contributed by atoms with Gasteiger partial charge in [0.25, 0.3) is 0 Å². The molecule has 2 rings (SSSR count). The van der Waals surface area contributed by atoms with Crippen LogP contribution in [0.1, 0.15) is 13.8 Å². The molecule has 8 nitrogen and oxygen atoms in total. The zero-order chi connectivity index (χ0) is 14.0. The summed E-state index contributed by atoms with van der Waals surface area (Å²) in [6.07, 6.45) is 2.82. The highest BCUT2D eigenvalue weighted by Gasteiger charge is 2.12. The second-order valence-corrected chi connectivity index (χ2v) is 4.31. The van der Waals surface area contributed by atoms with E-state index in [4.69, 9.17) is 5.11 Å². The number of carbonyl (C=O) groups is 2. The zero-order valence-corrected chi connectivity index (χ0v) is 10.5. The number of fused-ring (bicyclic) bond motifs is 1. The summed E-state index contributed by atoms with van der Waals surface area (Å²) in [5.41, 5.74) is 0.847. The van der Waals surface area contributed by atoms with Crippen molar-refractivity contribution in [1.82, 2.24) is 19.5 Å². The maximum absolute atomic E-state index is 11.5. The predicted molar refractivity (Wildman–Crippen MR) is 66.4 cm³/mol. The van der Waals surface area contributed by atoms with Gasteiger partial charge in [0, 0.05) is 5.92 Å². The van der Waals surface area contributed by atoms with Gasteiger partial charge in [-0.05, 0) is 0 Å². The number of hydrogen-bond donors (Lipinski definition) is 2. The molecule has 0 unspecified atom stereocenters. The summed E-state index contributed by atoms with van der Waals surface area (Å²) in [7, 11) is 0. The molecule has 0 aliphatic heterocycles. The van der Waals surface area contributed by atoms with Gasteiger partial charge >= 0.3 is 5.97 Å². The summed E-state index contributed by atoms with van der Waals surface area (Å²) in [4.78, 5) is 34.3. The first kappa shape index (κ1) is 12.9. The van der Waals surface area contributed by atoms with Gasteiger partial charge in [-0.2, -0.15) is 4.98 Å². The zero-order valence-electron chi connectivity index (χ0n) is 10.5. The van der Waals surface area contributed by atoms with E-state index in [0.717, 1.165) is 0 Å². The molecule has 2 aromatic rings. The monoisotopic (exact) mass is 263 g/mol. The molecule has 0 saturated heterocycles. The van der Waals surface area contributed by atoms with Gasteiger partial charge < -0.3 is 9.67 Å². The number of carbonyl (C=O) groups excluding carboxylic acids is 1. The van der Waals surface area contributed by atoms with E-state index in [2.05, 4.69) is 20.3 Å². The van der Waals surface area contributed by atoms with E-state index >= 15 is 0 Å². The molecule has 100 valence electrons. The summed E-state index contributed by atoms with van der Waals surface area (Å²) >= 11 is 0. The van der Waals surface area contributed by atoms with Gasteiger partial charge in [-0.25, -0.2) is 9.97 Å². The van der Waals surface area contributed by atoms with Crippen molar-refractivity contribution in [3.05, 3.63) is 12.5 Å². The van der Waals surface area contributed by atoms with Crippen molar-refractivity contribution in [1.29, 1.82) is 0 Å². The molecule has 19 heavy (non-hydrogen) atoms. The van der Waals surface area contributed by atoms with Crippen LogP contribution in [0.4, 0.5) is 5.95 Å². The molecule has 0 bridgehead atoms. The second kappa shape index (κ2) is 5.01. The van der Waals surface area contributed by atoms with Crippen molar-refractivity contribution >= 4 is 29.0 Å². The van der Waals surface area contributed by atoms with Crippen LogP contribution in [-0.4, -0.2) is 36.5 Å². The minimum Gasteiger partial charge on any atom is -0.480 e. The first-order valence-corrected chi connectivity index (χ1v) is 5.68. The quantitative estimate of drug-likeness (QED) is 0.831. The maximum Gasteiger partial charge on any atom is 0.323 e. The van der Waals surface area contributed by atoms with Gasteiger partial charge in [0.1, 0.15) is 12.1 Å². The van der Waals surface area contributed by atoms with Gasteiger partial charge in [-0.1, -0.05) is 13.8 Å². The van der Waals surface area contributed by atoms with E-state index in [1.807, 2.05) is 0 Å². The van der Waals surface area contributed by atoms with Crippen molar-refractivity contribution in [2.75, 3.05) is 5.32 Å². The number of carboxylic acids is 1. The Hall–Kier alpha value is -2.51. The summed E-state index contributed by atoms with van der Waals surface area (Å²) in [6.45, 7) is 3.26. The third kappa shape index (κ3) is 2.84. The van der Waals surface area contributed by atoms with Crippen LogP contribution in [0.3, 0.4) is 0 Å². The molecule has 2 N–H and O–H groups in total. The summed E-state index contributed by atoms with van der Waals surface area (Å²) < 4.78 is 1.38. The summed E-state index contributed by atoms with van der Waals surface area (Å²) in [5.74, 6) is -1.25. The fourth-order valence-electron chi connectivity index (χ4n) is 1.43. The number of anilines is 1. The minimum atomic E-state index is -0.995. The van der Waals surface area contributed by atoms with Crippen molar-refractivity contribution < 1.29 is 14.7 Å². The van der Waals surface area contributed by atoms with E-state index in [1.54, 1.807) is 13.8 Å². The van der Waals surface area contributed by atoms with Crippen LogP contribution in [0.5, 0.6) is 0 Å². The molecule has 0 aromatic carbocycles. The van der Waals surface area contributed by atoms with Crippen LogP contribution < -0.4 is 5.32 Å². The highest BCUT2D eigenvalue weighted by molar-refractivity contribution is 5.91. The topological polar surface area (TPSA) is 110 Å². The molecule has 0 aliphatic carbocycles. The van der Waals surface area contributed by atoms with Crippen LogP contribution in [0, 0.1) is 5.92 Å². The lowest BCUT2D eigenvalue weighted by atomic mass is 10.2. The van der Waals surface area contributed by atoms with Gasteiger partial charge in [0.15, 0.2) is 5.65 Å². The van der Waals surface area contributed by atoms with Crippen LogP contribution >= 0.6 is 0 Å². The van der Waals surface area contributed by atoms with Crippen LogP contribution in [0.2, 0.25) is 0 Å². The standard InChI is InChI=1S/C11H13N5O3/c1-6(2)10(19)15-11-12-3-7-9(14-11)16(5-13-7)4-8(17)18/h3,5-6H,4H2,1-2H3,(H,17,18)(H,12,14,15,19). The Labute approximate surface area is 108 Å². The first-order chi connectivity index (χ1) is 8.97. The SMILES string of the molecule is CC(C)C(=O)Nc1ncc2ncn(CC(=O)O)c2n1. The molecule has 0 saturated carbocycles. The number of carboxylic acid groups (broad SMARTS) is 1. The Morgan fingerprint density at radius 1 is 1.42 bits per heavy atom. The molecule has 0 spiro atoms. The number of aromatic nitrogens is 4. The number of hydrogen-bond acceptors (Lipinski definition) is 5. The Morgan fingerprint density at radius 2 is 2.16 bits per heavy atom. The molecule has 2 aromatic heterocycles. The van der Waals surface area contributed by atoms with E-state index in [-0.39, 0.29) is 24.3 Å². The van der Waals surface area contributed by atoms with Gasteiger partial charge in [0.2, 0.25) is 11.9 Å². The number of rotatable bonds is 4. The lowest BCUT2D eigenvalue weighted by Crippen LogP contribution is -2.19. The summed E-state index contributed by atoms with van der Waals surface area (Å²) in [5, 5.41) is 11.3. The molecule has 1 amide bonds. The number of aliphatic carboxylic acids is 1. The van der Waals surface area contributed by atoms with Crippen molar-refractivity contribution in [2.45, 2.75) is 20.4 Å². The van der Waals surface area contributed by atoms with Crippen molar-refractivity contribution in [3.63, 3.8) is 0 Å². The number of nitrogens with one attached hydrogen (secondary N) is 1. The normalized spacial score (nSPS) is 10.9. The van der Waals surface area contributed by atoms with E-state index in [0.29, 0.717) is 11.2 Å². The van der Waals surface area contributed by atoms with Crippen molar-refractivity contribution in [2.24, 2.45) is 5.92 Å². The molecule has 0 aliphatic rings. The predicted octanol–water partition coefficient (Wildman–Crippen LogP) is 0.505. The molecule has 2 heterocycles. The van der Waals surface area contributed by atoms with Crippen LogP contribution in [0.25, 0.3) is 11.2 Å². The lowest BCUT2D eigenvalue weighted by Gasteiger charge is -2.06. The maximum atomic E-state index is 11.5. The molecule has 8 heteroatoms. The number of amides is 1. The van der Waals surface area contributed by atoms with Crippen LogP contribution in [0.15, 0.2) is 12.5 Å². The number of nitrogens with zero attached hydrogens (tertiary/aromatic N) is 4. The van der Waals surface area contributed by atoms with Gasteiger partial charge in [-0.3, -0.25) is 14.9 Å².